The second kappa shape index (κ2) is 8.49. The fraction of sp³-hybridized carbons (Fsp3) is 0.348. The molecular formula is C23H23ClFNO5. The smallest absolute Gasteiger partial charge is 0.197 e. The summed E-state index contributed by atoms with van der Waals surface area (Å²) >= 11 is 6.27. The van der Waals surface area contributed by atoms with Crippen molar-refractivity contribution in [3.63, 3.8) is 0 Å². The molecule has 0 saturated carbocycles. The molecule has 6 nitrogen and oxygen atoms in total. The Morgan fingerprint density at radius 3 is 2.65 bits per heavy atom. The van der Waals surface area contributed by atoms with Crippen molar-refractivity contribution in [2.75, 3.05) is 34.4 Å². The predicted molar refractivity (Wildman–Crippen MR) is 117 cm³/mol. The maximum Gasteiger partial charge on any atom is 0.197 e. The van der Waals surface area contributed by atoms with E-state index < -0.39 is 5.82 Å². The number of aliphatic hydroxyl groups is 1. The molecule has 0 bridgehead atoms. The van der Waals surface area contributed by atoms with Gasteiger partial charge in [0.15, 0.2) is 5.43 Å². The van der Waals surface area contributed by atoms with Gasteiger partial charge in [-0.1, -0.05) is 11.6 Å². The Kier molecular flexibility index (Phi) is 5.92. The average molecular weight is 448 g/mol. The van der Waals surface area contributed by atoms with Crippen LogP contribution in [0.2, 0.25) is 5.02 Å². The second-order valence-electron chi connectivity index (χ2n) is 7.62. The van der Waals surface area contributed by atoms with Crippen LogP contribution in [0, 0.1) is 5.82 Å². The summed E-state index contributed by atoms with van der Waals surface area (Å²) in [5.41, 5.74) is 0.894. The third kappa shape index (κ3) is 3.67. The lowest BCUT2D eigenvalue weighted by Gasteiger charge is -2.25. The topological polar surface area (TPSA) is 72.1 Å². The molecule has 2 atom stereocenters. The van der Waals surface area contributed by atoms with Crippen LogP contribution in [0.5, 0.6) is 11.5 Å². The van der Waals surface area contributed by atoms with Crippen LogP contribution in [-0.2, 0) is 0 Å². The lowest BCUT2D eigenvalue weighted by atomic mass is 9.89. The summed E-state index contributed by atoms with van der Waals surface area (Å²) in [6.45, 7) is 0.712. The first-order valence-electron chi connectivity index (χ1n) is 9.88. The lowest BCUT2D eigenvalue weighted by Crippen LogP contribution is -2.32. The maximum atomic E-state index is 13.9. The van der Waals surface area contributed by atoms with Gasteiger partial charge in [0.2, 0.25) is 0 Å². The fourth-order valence-corrected chi connectivity index (χ4v) is 4.62. The number of aliphatic hydroxyl groups excluding tert-OH is 1. The quantitative estimate of drug-likeness (QED) is 0.636. The molecule has 1 aromatic heterocycles. The van der Waals surface area contributed by atoms with Crippen molar-refractivity contribution in [1.29, 1.82) is 0 Å². The van der Waals surface area contributed by atoms with E-state index in [-0.39, 0.29) is 51.3 Å². The molecule has 1 saturated heterocycles. The number of hydrogen-bond acceptors (Lipinski definition) is 6. The van der Waals surface area contributed by atoms with Crippen molar-refractivity contribution in [2.24, 2.45) is 0 Å². The Hall–Kier alpha value is -2.61. The molecule has 2 aromatic carbocycles. The lowest BCUT2D eigenvalue weighted by molar-refractivity contribution is 0.171. The minimum Gasteiger partial charge on any atom is -0.496 e. The summed E-state index contributed by atoms with van der Waals surface area (Å²) in [5, 5.41) is 10.5. The summed E-state index contributed by atoms with van der Waals surface area (Å²) < 4.78 is 31.2. The first-order chi connectivity index (χ1) is 14.9. The van der Waals surface area contributed by atoms with Crippen LogP contribution in [-0.4, -0.2) is 50.5 Å². The highest BCUT2D eigenvalue weighted by Crippen LogP contribution is 2.45. The van der Waals surface area contributed by atoms with E-state index in [0.717, 1.165) is 13.0 Å². The van der Waals surface area contributed by atoms with Crippen molar-refractivity contribution in [2.45, 2.75) is 18.4 Å². The summed E-state index contributed by atoms with van der Waals surface area (Å²) in [5.74, 6) is 0.315. The van der Waals surface area contributed by atoms with Crippen molar-refractivity contribution in [1.82, 2.24) is 4.90 Å². The summed E-state index contributed by atoms with van der Waals surface area (Å²) in [4.78, 5) is 15.2. The Labute approximate surface area is 183 Å². The van der Waals surface area contributed by atoms with Gasteiger partial charge in [0.1, 0.15) is 34.0 Å². The van der Waals surface area contributed by atoms with E-state index in [4.69, 9.17) is 25.5 Å². The van der Waals surface area contributed by atoms with Gasteiger partial charge in [0, 0.05) is 35.2 Å². The highest BCUT2D eigenvalue weighted by molar-refractivity contribution is 6.33. The van der Waals surface area contributed by atoms with Crippen LogP contribution in [0.1, 0.15) is 17.9 Å². The van der Waals surface area contributed by atoms with Crippen LogP contribution in [0.15, 0.2) is 39.5 Å². The monoisotopic (exact) mass is 447 g/mol. The van der Waals surface area contributed by atoms with E-state index >= 15 is 0 Å². The van der Waals surface area contributed by atoms with Crippen LogP contribution >= 0.6 is 11.6 Å². The number of nitrogens with zero attached hydrogens (tertiary/aromatic N) is 1. The number of hydrogen-bond donors (Lipinski definition) is 1. The number of fused-ring (bicyclic) bond motifs is 1. The molecule has 0 spiro atoms. The van der Waals surface area contributed by atoms with Gasteiger partial charge >= 0.3 is 0 Å². The summed E-state index contributed by atoms with van der Waals surface area (Å²) in [6, 6.07) is 6.66. The number of rotatable bonds is 5. The average Bonchev–Trinajstić information content (AvgIpc) is 3.13. The number of benzene rings is 2. The first-order valence-corrected chi connectivity index (χ1v) is 10.3. The Morgan fingerprint density at radius 1 is 1.23 bits per heavy atom. The number of methoxy groups -OCH3 is 2. The van der Waals surface area contributed by atoms with Gasteiger partial charge in [-0.15, -0.1) is 0 Å². The number of halogens is 2. The molecule has 1 aliphatic heterocycles. The zero-order valence-electron chi connectivity index (χ0n) is 17.4. The van der Waals surface area contributed by atoms with Crippen LogP contribution in [0.4, 0.5) is 4.39 Å². The second-order valence-corrected chi connectivity index (χ2v) is 8.03. The molecule has 1 N–H and O–H groups in total. The predicted octanol–water partition coefficient (Wildman–Crippen LogP) is 4.05. The standard InChI is InChI=1S/C23H23ClFNO5/c1-26-7-6-13(16(26)11-27)21-19(29-2)10-20(30-3)22-17(28)9-18(31-23(21)22)14-8-12(25)4-5-15(14)24/h4-5,8-10,13,16,27H,6-7,11H2,1-3H3/t13-,16+/m0/s1. The Balaban J connectivity index is 2.07. The SMILES string of the molecule is COc1cc(OC)c2c(=O)cc(-c3cc(F)ccc3Cl)oc2c1[C@H]1CCN(C)[C@@H]1CO. The van der Waals surface area contributed by atoms with E-state index in [1.807, 2.05) is 7.05 Å². The van der Waals surface area contributed by atoms with Gasteiger partial charge in [0.05, 0.1) is 25.8 Å². The summed E-state index contributed by atoms with van der Waals surface area (Å²) in [6.07, 6.45) is 0.744. The van der Waals surface area contributed by atoms with E-state index in [2.05, 4.69) is 4.90 Å². The largest absolute Gasteiger partial charge is 0.496 e. The van der Waals surface area contributed by atoms with Gasteiger partial charge in [-0.05, 0) is 38.2 Å². The number of likely N-dealkylation sites (tertiary alicyclic amines) is 1. The first kappa shape index (κ1) is 21.6. The Morgan fingerprint density at radius 2 is 1.97 bits per heavy atom. The van der Waals surface area contributed by atoms with E-state index in [1.165, 1.54) is 38.5 Å². The molecule has 8 heteroatoms. The molecule has 1 fully saturated rings. The third-order valence-corrected chi connectivity index (χ3v) is 6.31. The van der Waals surface area contributed by atoms with Gasteiger partial charge in [0.25, 0.3) is 0 Å². The minimum atomic E-state index is -0.497. The molecule has 0 aliphatic carbocycles. The molecule has 1 aliphatic rings. The number of likely N-dealkylation sites (N-methyl/N-ethyl adjacent to an activating group) is 1. The highest BCUT2D eigenvalue weighted by atomic mass is 35.5. The normalized spacial score (nSPS) is 19.2. The maximum absolute atomic E-state index is 13.9. The molecule has 0 unspecified atom stereocenters. The van der Waals surface area contributed by atoms with Crippen molar-refractivity contribution in [3.05, 3.63) is 57.0 Å². The highest BCUT2D eigenvalue weighted by Gasteiger charge is 2.37. The third-order valence-electron chi connectivity index (χ3n) is 5.98. The molecular weight excluding hydrogens is 425 g/mol. The van der Waals surface area contributed by atoms with Crippen molar-refractivity contribution < 1.29 is 23.4 Å². The van der Waals surface area contributed by atoms with Crippen LogP contribution in [0.3, 0.4) is 0 Å². The molecule has 2 heterocycles. The molecule has 0 amide bonds. The number of ether oxygens (including phenoxy) is 2. The van der Waals surface area contributed by atoms with E-state index in [0.29, 0.717) is 17.1 Å². The Bertz CT molecular complexity index is 1190. The van der Waals surface area contributed by atoms with Gasteiger partial charge in [-0.3, -0.25) is 4.79 Å². The van der Waals surface area contributed by atoms with E-state index in [9.17, 15) is 14.3 Å². The van der Waals surface area contributed by atoms with Gasteiger partial charge < -0.3 is 23.9 Å². The minimum absolute atomic E-state index is 0.0580. The molecule has 4 rings (SSSR count). The van der Waals surface area contributed by atoms with Crippen LogP contribution < -0.4 is 14.9 Å². The van der Waals surface area contributed by atoms with Crippen molar-refractivity contribution in [3.8, 4) is 22.8 Å². The summed E-state index contributed by atoms with van der Waals surface area (Å²) in [7, 11) is 4.93. The van der Waals surface area contributed by atoms with E-state index in [1.54, 1.807) is 6.07 Å². The fourth-order valence-electron chi connectivity index (χ4n) is 4.41. The van der Waals surface area contributed by atoms with Gasteiger partial charge in [-0.25, -0.2) is 4.39 Å². The molecule has 164 valence electrons. The zero-order chi connectivity index (χ0) is 22.3. The molecule has 0 radical (unpaired) electrons. The van der Waals surface area contributed by atoms with Gasteiger partial charge in [-0.2, -0.15) is 0 Å². The van der Waals surface area contributed by atoms with Crippen molar-refractivity contribution >= 4 is 22.6 Å². The zero-order valence-corrected chi connectivity index (χ0v) is 18.2. The van der Waals surface area contributed by atoms with Crippen LogP contribution in [0.25, 0.3) is 22.3 Å². The molecule has 3 aromatic rings. The molecule has 31 heavy (non-hydrogen) atoms.